The second-order valence-corrected chi connectivity index (χ2v) is 7.40. The molecule has 0 unspecified atom stereocenters. The van der Waals surface area contributed by atoms with E-state index in [9.17, 15) is 14.7 Å². The molecule has 138 valence electrons. The Morgan fingerprint density at radius 3 is 2.70 bits per heavy atom. The Bertz CT molecular complexity index is 1020. The van der Waals surface area contributed by atoms with Gasteiger partial charge in [-0.1, -0.05) is 29.3 Å². The second kappa shape index (κ2) is 7.64. The number of carbonyl (C=O) groups excluding carboxylic acids is 1. The van der Waals surface area contributed by atoms with Crippen LogP contribution in [0.15, 0.2) is 46.3 Å². The van der Waals surface area contributed by atoms with Crippen molar-refractivity contribution in [3.63, 3.8) is 0 Å². The van der Waals surface area contributed by atoms with Crippen molar-refractivity contribution in [3.05, 3.63) is 62.5 Å². The van der Waals surface area contributed by atoms with E-state index in [2.05, 4.69) is 4.99 Å². The fraction of sp³-hybridized carbons (Fsp3) is 0.0556. The molecule has 1 amide bonds. The number of hydrogen-bond donors (Lipinski definition) is 2. The van der Waals surface area contributed by atoms with Crippen molar-refractivity contribution in [2.24, 2.45) is 4.99 Å². The molecule has 0 atom stereocenters. The lowest BCUT2D eigenvalue weighted by Crippen LogP contribution is -2.23. The summed E-state index contributed by atoms with van der Waals surface area (Å²) in [6.45, 7) is 0. The van der Waals surface area contributed by atoms with Crippen LogP contribution in [0.5, 0.6) is 5.75 Å². The van der Waals surface area contributed by atoms with Crippen LogP contribution in [0.1, 0.15) is 15.9 Å². The van der Waals surface area contributed by atoms with E-state index < -0.39 is 5.97 Å². The molecule has 27 heavy (non-hydrogen) atoms. The maximum Gasteiger partial charge on any atom is 0.335 e. The van der Waals surface area contributed by atoms with Crippen LogP contribution < -0.4 is 0 Å². The van der Waals surface area contributed by atoms with Gasteiger partial charge in [-0.15, -0.1) is 0 Å². The smallest absolute Gasteiger partial charge is 0.335 e. The van der Waals surface area contributed by atoms with Crippen molar-refractivity contribution in [1.29, 1.82) is 0 Å². The van der Waals surface area contributed by atoms with E-state index in [4.69, 9.17) is 28.3 Å². The number of aromatic hydroxyl groups is 1. The summed E-state index contributed by atoms with van der Waals surface area (Å²) in [5, 5.41) is 19.9. The highest BCUT2D eigenvalue weighted by molar-refractivity contribution is 8.18. The van der Waals surface area contributed by atoms with Crippen LogP contribution in [-0.4, -0.2) is 39.2 Å². The number of amides is 1. The number of phenolic OH excluding ortho intramolecular Hbond substituents is 1. The number of likely N-dealkylation sites (N-methyl/N-ethyl adjacent to an activating group) is 1. The maximum atomic E-state index is 12.5. The number of carbonyl (C=O) groups is 2. The van der Waals surface area contributed by atoms with Crippen molar-refractivity contribution in [2.75, 3.05) is 7.05 Å². The van der Waals surface area contributed by atoms with E-state index in [-0.39, 0.29) is 22.2 Å². The van der Waals surface area contributed by atoms with Crippen molar-refractivity contribution < 1.29 is 19.8 Å². The molecule has 3 rings (SSSR count). The van der Waals surface area contributed by atoms with Gasteiger partial charge in [0.1, 0.15) is 5.75 Å². The van der Waals surface area contributed by atoms with Gasteiger partial charge in [-0.2, -0.15) is 0 Å². The molecule has 0 saturated carbocycles. The quantitative estimate of drug-likeness (QED) is 0.703. The summed E-state index contributed by atoms with van der Waals surface area (Å²) >= 11 is 13.0. The highest BCUT2D eigenvalue weighted by Gasteiger charge is 2.30. The Kier molecular flexibility index (Phi) is 5.46. The third kappa shape index (κ3) is 4.10. The van der Waals surface area contributed by atoms with Crippen LogP contribution in [0.2, 0.25) is 10.0 Å². The number of rotatable bonds is 3. The lowest BCUT2D eigenvalue weighted by Gasteiger charge is -2.07. The summed E-state index contributed by atoms with van der Waals surface area (Å²) in [7, 11) is 1.56. The number of phenols is 1. The van der Waals surface area contributed by atoms with Gasteiger partial charge in [0.05, 0.1) is 21.2 Å². The molecule has 2 aromatic rings. The fourth-order valence-electron chi connectivity index (χ4n) is 2.31. The number of carboxylic acid groups (broad SMARTS) is 1. The summed E-state index contributed by atoms with van der Waals surface area (Å²) in [4.78, 5) is 29.6. The first-order valence-electron chi connectivity index (χ1n) is 7.54. The molecule has 2 N–H and O–H groups in total. The van der Waals surface area contributed by atoms with Crippen LogP contribution in [0.3, 0.4) is 0 Å². The largest absolute Gasteiger partial charge is 0.506 e. The Balaban J connectivity index is 1.96. The molecule has 0 aliphatic carbocycles. The number of hydrogen-bond acceptors (Lipinski definition) is 5. The van der Waals surface area contributed by atoms with Crippen molar-refractivity contribution in [1.82, 2.24) is 4.90 Å². The van der Waals surface area contributed by atoms with Gasteiger partial charge < -0.3 is 10.2 Å². The first kappa shape index (κ1) is 19.3. The summed E-state index contributed by atoms with van der Waals surface area (Å²) < 4.78 is 0. The monoisotopic (exact) mass is 422 g/mol. The topological polar surface area (TPSA) is 90.2 Å². The van der Waals surface area contributed by atoms with Gasteiger partial charge in [0, 0.05) is 17.6 Å². The average molecular weight is 423 g/mol. The number of nitrogens with zero attached hydrogens (tertiary/aromatic N) is 2. The zero-order chi connectivity index (χ0) is 19.7. The lowest BCUT2D eigenvalue weighted by molar-refractivity contribution is -0.121. The standard InChI is InChI=1S/C18H12Cl2N2O4S/c1-22-16(24)14(7-10-5-11(19)8-13(20)15(10)23)27-18(22)21-12-4-2-3-9(6-12)17(25)26/h2-8,23H,1H3,(H,25,26). The molecule has 1 fully saturated rings. The minimum absolute atomic E-state index is 0.0810. The maximum absolute atomic E-state index is 12.5. The predicted molar refractivity (Wildman–Crippen MR) is 107 cm³/mol. The highest BCUT2D eigenvalue weighted by atomic mass is 35.5. The molecule has 6 nitrogen and oxygen atoms in total. The molecule has 0 aromatic heterocycles. The normalized spacial score (nSPS) is 17.1. The van der Waals surface area contributed by atoms with Crippen molar-refractivity contribution in [2.45, 2.75) is 0 Å². The number of amidine groups is 1. The molecule has 0 spiro atoms. The summed E-state index contributed by atoms with van der Waals surface area (Å²) in [6, 6.07) is 8.99. The SMILES string of the molecule is CN1C(=O)C(=Cc2cc(Cl)cc(Cl)c2O)SC1=Nc1cccc(C(=O)O)c1. The molecular weight excluding hydrogens is 411 g/mol. The summed E-state index contributed by atoms with van der Waals surface area (Å²) in [5.74, 6) is -1.55. The van der Waals surface area contributed by atoms with Gasteiger partial charge in [-0.05, 0) is 48.2 Å². The molecule has 1 saturated heterocycles. The van der Waals surface area contributed by atoms with Crippen LogP contribution in [0, 0.1) is 0 Å². The molecule has 0 bridgehead atoms. The van der Waals surface area contributed by atoms with E-state index in [1.165, 1.54) is 35.2 Å². The zero-order valence-electron chi connectivity index (χ0n) is 13.8. The van der Waals surface area contributed by atoms with Crippen molar-refractivity contribution >= 4 is 63.8 Å². The number of benzene rings is 2. The van der Waals surface area contributed by atoms with Gasteiger partial charge in [0.15, 0.2) is 5.17 Å². The van der Waals surface area contributed by atoms with Crippen molar-refractivity contribution in [3.8, 4) is 5.75 Å². The Morgan fingerprint density at radius 2 is 2.00 bits per heavy atom. The molecular formula is C18H12Cl2N2O4S. The van der Waals surface area contributed by atoms with Gasteiger partial charge in [0.2, 0.25) is 0 Å². The minimum Gasteiger partial charge on any atom is -0.506 e. The van der Waals surface area contributed by atoms with E-state index in [0.717, 1.165) is 11.8 Å². The van der Waals surface area contributed by atoms with Crippen LogP contribution in [-0.2, 0) is 4.79 Å². The fourth-order valence-corrected chi connectivity index (χ4v) is 3.79. The third-order valence-corrected chi connectivity index (χ3v) is 5.23. The lowest BCUT2D eigenvalue weighted by atomic mass is 10.2. The molecule has 9 heteroatoms. The number of aromatic carboxylic acids is 1. The molecule has 1 aliphatic heterocycles. The van der Waals surface area contributed by atoms with Crippen LogP contribution in [0.25, 0.3) is 6.08 Å². The first-order chi connectivity index (χ1) is 12.8. The van der Waals surface area contributed by atoms with E-state index >= 15 is 0 Å². The first-order valence-corrected chi connectivity index (χ1v) is 9.11. The van der Waals surface area contributed by atoms with Crippen LogP contribution >= 0.6 is 35.0 Å². The van der Waals surface area contributed by atoms with Gasteiger partial charge >= 0.3 is 5.97 Å². The average Bonchev–Trinajstić information content (AvgIpc) is 2.87. The van der Waals surface area contributed by atoms with E-state index in [1.807, 2.05) is 0 Å². The second-order valence-electron chi connectivity index (χ2n) is 5.55. The zero-order valence-corrected chi connectivity index (χ0v) is 16.1. The Labute approximate surface area is 168 Å². The minimum atomic E-state index is -1.06. The molecule has 1 heterocycles. The van der Waals surface area contributed by atoms with Gasteiger partial charge in [-0.25, -0.2) is 9.79 Å². The summed E-state index contributed by atoms with van der Waals surface area (Å²) in [6.07, 6.45) is 1.48. The number of thioether (sulfide) groups is 1. The van der Waals surface area contributed by atoms with E-state index in [1.54, 1.807) is 19.2 Å². The molecule has 2 aromatic carbocycles. The van der Waals surface area contributed by atoms with Gasteiger partial charge in [0.25, 0.3) is 5.91 Å². The van der Waals surface area contributed by atoms with Gasteiger partial charge in [-0.3, -0.25) is 9.69 Å². The number of aliphatic imine (C=N–C) groups is 1. The molecule has 0 radical (unpaired) electrons. The van der Waals surface area contributed by atoms with Crippen LogP contribution in [0.4, 0.5) is 5.69 Å². The summed E-state index contributed by atoms with van der Waals surface area (Å²) in [5.41, 5.74) is 0.820. The highest BCUT2D eigenvalue weighted by Crippen LogP contribution is 2.37. The molecule has 1 aliphatic rings. The third-order valence-electron chi connectivity index (χ3n) is 3.67. The number of halogens is 2. The number of carboxylic acids is 1. The Morgan fingerprint density at radius 1 is 1.26 bits per heavy atom. The predicted octanol–water partition coefficient (Wildman–Crippen LogP) is 4.63. The van der Waals surface area contributed by atoms with E-state index in [0.29, 0.717) is 26.3 Å². The Hall–Kier alpha value is -2.48.